The zero-order chi connectivity index (χ0) is 9.84. The third kappa shape index (κ3) is 2.83. The quantitative estimate of drug-likeness (QED) is 0.689. The minimum atomic E-state index is 0.537. The van der Waals surface area contributed by atoms with E-state index in [1.165, 1.54) is 11.3 Å². The first-order valence-electron chi connectivity index (χ1n) is 5.05. The molecule has 1 nitrogen and oxygen atoms in total. The summed E-state index contributed by atoms with van der Waals surface area (Å²) in [7, 11) is 0. The molecule has 0 amide bonds. The molecule has 0 unspecified atom stereocenters. The number of hydrogen-bond acceptors (Lipinski definition) is 1. The lowest BCUT2D eigenvalue weighted by molar-refractivity contribution is 0.633. The Morgan fingerprint density at radius 1 is 1.23 bits per heavy atom. The summed E-state index contributed by atoms with van der Waals surface area (Å²) in [5, 5.41) is 0. The minimum absolute atomic E-state index is 0.537. The highest BCUT2D eigenvalue weighted by molar-refractivity contribution is 5.22. The first-order chi connectivity index (χ1) is 6.11. The van der Waals surface area contributed by atoms with E-state index < -0.39 is 0 Å². The highest BCUT2D eigenvalue weighted by Crippen LogP contribution is 2.18. The van der Waals surface area contributed by atoms with Gasteiger partial charge in [-0.1, -0.05) is 33.8 Å². The van der Waals surface area contributed by atoms with Gasteiger partial charge in [0.05, 0.1) is 0 Å². The fourth-order valence-electron chi connectivity index (χ4n) is 1.58. The third-order valence-corrected chi connectivity index (χ3v) is 2.10. The van der Waals surface area contributed by atoms with Crippen LogP contribution in [0.15, 0.2) is 18.3 Å². The summed E-state index contributed by atoms with van der Waals surface area (Å²) < 4.78 is 0. The van der Waals surface area contributed by atoms with Crippen molar-refractivity contribution in [2.75, 3.05) is 0 Å². The number of aromatic nitrogens is 1. The molecule has 0 aromatic carbocycles. The molecular weight excluding hydrogens is 158 g/mol. The molecular formula is C12H19N. The summed E-state index contributed by atoms with van der Waals surface area (Å²) >= 11 is 0. The lowest BCUT2D eigenvalue weighted by Gasteiger charge is -2.12. The van der Waals surface area contributed by atoms with E-state index >= 15 is 0 Å². The summed E-state index contributed by atoms with van der Waals surface area (Å²) in [6.07, 6.45) is 3.03. The molecule has 1 heteroatoms. The molecule has 0 spiro atoms. The maximum atomic E-state index is 4.43. The second-order valence-corrected chi connectivity index (χ2v) is 4.30. The van der Waals surface area contributed by atoms with E-state index in [9.17, 15) is 0 Å². The number of rotatable bonds is 3. The number of pyridine rings is 1. The Balaban J connectivity index is 2.91. The van der Waals surface area contributed by atoms with E-state index in [1.807, 2.05) is 12.3 Å². The lowest BCUT2D eigenvalue weighted by atomic mass is 9.96. The van der Waals surface area contributed by atoms with Crippen molar-refractivity contribution in [2.45, 2.75) is 40.0 Å². The molecule has 0 radical (unpaired) electrons. The SMILES string of the molecule is CC(C)Cc1cccnc1C(C)C. The molecule has 1 aromatic rings. The van der Waals surface area contributed by atoms with Gasteiger partial charge in [0.25, 0.3) is 0 Å². The van der Waals surface area contributed by atoms with Crippen LogP contribution in [-0.4, -0.2) is 4.98 Å². The summed E-state index contributed by atoms with van der Waals surface area (Å²) in [6.45, 7) is 8.90. The molecule has 0 aliphatic rings. The van der Waals surface area contributed by atoms with E-state index in [2.05, 4.69) is 38.7 Å². The predicted molar refractivity (Wildman–Crippen MR) is 56.9 cm³/mol. The number of nitrogens with zero attached hydrogens (tertiary/aromatic N) is 1. The van der Waals surface area contributed by atoms with E-state index in [1.54, 1.807) is 0 Å². The number of hydrogen-bond donors (Lipinski definition) is 0. The Kier molecular flexibility index (Phi) is 3.47. The zero-order valence-corrected chi connectivity index (χ0v) is 9.04. The average Bonchev–Trinajstić information content (AvgIpc) is 2.03. The summed E-state index contributed by atoms with van der Waals surface area (Å²) in [4.78, 5) is 4.43. The van der Waals surface area contributed by atoms with Crippen LogP contribution in [0.4, 0.5) is 0 Å². The molecule has 0 bridgehead atoms. The molecule has 0 atom stereocenters. The van der Waals surface area contributed by atoms with Crippen LogP contribution in [0.3, 0.4) is 0 Å². The van der Waals surface area contributed by atoms with Gasteiger partial charge in [0, 0.05) is 11.9 Å². The highest BCUT2D eigenvalue weighted by atomic mass is 14.7. The van der Waals surface area contributed by atoms with Crippen molar-refractivity contribution in [3.63, 3.8) is 0 Å². The molecule has 1 aromatic heterocycles. The van der Waals surface area contributed by atoms with Crippen LogP contribution in [0.1, 0.15) is 44.9 Å². The second-order valence-electron chi connectivity index (χ2n) is 4.30. The van der Waals surface area contributed by atoms with Gasteiger partial charge in [-0.2, -0.15) is 0 Å². The Morgan fingerprint density at radius 2 is 1.92 bits per heavy atom. The molecule has 13 heavy (non-hydrogen) atoms. The molecule has 0 saturated carbocycles. The fraction of sp³-hybridized carbons (Fsp3) is 0.583. The maximum absolute atomic E-state index is 4.43. The maximum Gasteiger partial charge on any atom is 0.0461 e. The Hall–Kier alpha value is -0.850. The van der Waals surface area contributed by atoms with Gasteiger partial charge in [-0.3, -0.25) is 4.98 Å². The van der Waals surface area contributed by atoms with E-state index in [-0.39, 0.29) is 0 Å². The van der Waals surface area contributed by atoms with Gasteiger partial charge >= 0.3 is 0 Å². The minimum Gasteiger partial charge on any atom is -0.261 e. The van der Waals surface area contributed by atoms with Crippen LogP contribution < -0.4 is 0 Å². The topological polar surface area (TPSA) is 12.9 Å². The first kappa shape index (κ1) is 10.2. The van der Waals surface area contributed by atoms with E-state index in [0.29, 0.717) is 11.8 Å². The molecule has 1 rings (SSSR count). The highest BCUT2D eigenvalue weighted by Gasteiger charge is 2.08. The van der Waals surface area contributed by atoms with Crippen molar-refractivity contribution in [1.82, 2.24) is 4.98 Å². The van der Waals surface area contributed by atoms with E-state index in [4.69, 9.17) is 0 Å². The molecule has 0 N–H and O–H groups in total. The van der Waals surface area contributed by atoms with Crippen molar-refractivity contribution >= 4 is 0 Å². The van der Waals surface area contributed by atoms with Crippen molar-refractivity contribution in [3.05, 3.63) is 29.6 Å². The van der Waals surface area contributed by atoms with Gasteiger partial charge in [0.15, 0.2) is 0 Å². The second kappa shape index (κ2) is 4.40. The molecule has 0 aliphatic carbocycles. The monoisotopic (exact) mass is 177 g/mol. The fourth-order valence-corrected chi connectivity index (χ4v) is 1.58. The summed E-state index contributed by atoms with van der Waals surface area (Å²) in [5.41, 5.74) is 2.67. The Labute approximate surface area is 81.2 Å². The first-order valence-corrected chi connectivity index (χ1v) is 5.05. The van der Waals surface area contributed by atoms with E-state index in [0.717, 1.165) is 6.42 Å². The van der Waals surface area contributed by atoms with Crippen molar-refractivity contribution in [3.8, 4) is 0 Å². The summed E-state index contributed by atoms with van der Waals surface area (Å²) in [6, 6.07) is 4.23. The van der Waals surface area contributed by atoms with Gasteiger partial charge in [0.1, 0.15) is 0 Å². The lowest BCUT2D eigenvalue weighted by Crippen LogP contribution is -2.02. The van der Waals surface area contributed by atoms with Crippen LogP contribution in [0.2, 0.25) is 0 Å². The standard InChI is InChI=1S/C12H19N/c1-9(2)8-11-6-5-7-13-12(11)10(3)4/h5-7,9-10H,8H2,1-4H3. The molecule has 72 valence electrons. The molecule has 0 saturated heterocycles. The van der Waals surface area contributed by atoms with Crippen LogP contribution in [0.25, 0.3) is 0 Å². The van der Waals surface area contributed by atoms with Gasteiger partial charge in [-0.25, -0.2) is 0 Å². The predicted octanol–water partition coefficient (Wildman–Crippen LogP) is 3.40. The van der Waals surface area contributed by atoms with Crippen LogP contribution in [0.5, 0.6) is 0 Å². The molecule has 0 aliphatic heterocycles. The van der Waals surface area contributed by atoms with Gasteiger partial charge in [-0.05, 0) is 29.9 Å². The normalized spacial score (nSPS) is 11.2. The molecule has 1 heterocycles. The third-order valence-electron chi connectivity index (χ3n) is 2.10. The zero-order valence-electron chi connectivity index (χ0n) is 9.04. The smallest absolute Gasteiger partial charge is 0.0461 e. The van der Waals surface area contributed by atoms with Crippen molar-refractivity contribution in [2.24, 2.45) is 5.92 Å². The van der Waals surface area contributed by atoms with Gasteiger partial charge < -0.3 is 0 Å². The average molecular weight is 177 g/mol. The van der Waals surface area contributed by atoms with Crippen molar-refractivity contribution < 1.29 is 0 Å². The van der Waals surface area contributed by atoms with Crippen molar-refractivity contribution in [1.29, 1.82) is 0 Å². The summed E-state index contributed by atoms with van der Waals surface area (Å²) in [5.74, 6) is 1.25. The largest absolute Gasteiger partial charge is 0.261 e. The van der Waals surface area contributed by atoms with Gasteiger partial charge in [-0.15, -0.1) is 0 Å². The van der Waals surface area contributed by atoms with Gasteiger partial charge in [0.2, 0.25) is 0 Å². The van der Waals surface area contributed by atoms with Crippen LogP contribution >= 0.6 is 0 Å². The van der Waals surface area contributed by atoms with Crippen LogP contribution in [-0.2, 0) is 6.42 Å². The molecule has 0 fully saturated rings. The Morgan fingerprint density at radius 3 is 2.46 bits per heavy atom. The Bertz CT molecular complexity index is 264. The van der Waals surface area contributed by atoms with Crippen LogP contribution in [0, 0.1) is 5.92 Å².